The predicted molar refractivity (Wildman–Crippen MR) is 152 cm³/mol. The minimum absolute atomic E-state index is 0.0161. The van der Waals surface area contributed by atoms with Crippen LogP contribution in [0.4, 0.5) is 4.39 Å². The zero-order chi connectivity index (χ0) is 28.4. The lowest BCUT2D eigenvalue weighted by Crippen LogP contribution is -2.20. The van der Waals surface area contributed by atoms with Gasteiger partial charge >= 0.3 is 0 Å². The van der Waals surface area contributed by atoms with Crippen molar-refractivity contribution in [3.63, 3.8) is 0 Å². The molecular formula is C32H26FN3O4. The molecule has 0 spiro atoms. The third kappa shape index (κ3) is 5.24. The van der Waals surface area contributed by atoms with Gasteiger partial charge in [0, 0.05) is 48.1 Å². The molecule has 0 saturated heterocycles. The number of benzene rings is 3. The molecule has 2 heterocycles. The van der Waals surface area contributed by atoms with Crippen LogP contribution in [-0.2, 0) is 6.42 Å². The van der Waals surface area contributed by atoms with E-state index >= 15 is 0 Å². The first-order chi connectivity index (χ1) is 19.2. The summed E-state index contributed by atoms with van der Waals surface area (Å²) in [6.07, 6.45) is 3.08. The number of hydrogen-bond donors (Lipinski definition) is 2. The minimum Gasteiger partial charge on any atom is -0.457 e. The second-order valence-electron chi connectivity index (χ2n) is 9.46. The molecule has 1 amide bonds. The molecule has 0 bridgehead atoms. The zero-order valence-corrected chi connectivity index (χ0v) is 22.2. The van der Waals surface area contributed by atoms with E-state index < -0.39 is 11.2 Å². The van der Waals surface area contributed by atoms with Gasteiger partial charge in [-0.2, -0.15) is 0 Å². The Morgan fingerprint density at radius 3 is 2.40 bits per heavy atom. The maximum Gasteiger partial charge on any atom is 0.251 e. The molecule has 0 saturated carbocycles. The lowest BCUT2D eigenvalue weighted by atomic mass is 9.98. The third-order valence-corrected chi connectivity index (χ3v) is 6.75. The van der Waals surface area contributed by atoms with Crippen LogP contribution in [0.25, 0.3) is 22.0 Å². The van der Waals surface area contributed by atoms with Gasteiger partial charge in [0.2, 0.25) is 0 Å². The van der Waals surface area contributed by atoms with Gasteiger partial charge in [0.15, 0.2) is 11.2 Å². The van der Waals surface area contributed by atoms with E-state index in [1.165, 1.54) is 30.5 Å². The van der Waals surface area contributed by atoms with E-state index in [1.54, 1.807) is 56.6 Å². The van der Waals surface area contributed by atoms with Crippen LogP contribution in [0.5, 0.6) is 11.5 Å². The lowest BCUT2D eigenvalue weighted by molar-refractivity contribution is 0.0960. The fraction of sp³-hybridized carbons (Fsp3) is 0.125. The monoisotopic (exact) mass is 535 g/mol. The highest BCUT2D eigenvalue weighted by Crippen LogP contribution is 2.31. The fourth-order valence-electron chi connectivity index (χ4n) is 4.62. The Kier molecular flexibility index (Phi) is 7.25. The van der Waals surface area contributed by atoms with Gasteiger partial charge in [-0.3, -0.25) is 19.4 Å². The van der Waals surface area contributed by atoms with Crippen LogP contribution in [0, 0.1) is 19.7 Å². The molecule has 0 radical (unpaired) electrons. The van der Waals surface area contributed by atoms with Crippen LogP contribution in [0.1, 0.15) is 37.5 Å². The van der Waals surface area contributed by atoms with Gasteiger partial charge in [-0.25, -0.2) is 4.39 Å². The molecule has 5 rings (SSSR count). The van der Waals surface area contributed by atoms with Crippen LogP contribution in [-0.4, -0.2) is 28.7 Å². The highest BCUT2D eigenvalue weighted by molar-refractivity contribution is 6.01. The van der Waals surface area contributed by atoms with Crippen LogP contribution in [0.2, 0.25) is 0 Å². The summed E-state index contributed by atoms with van der Waals surface area (Å²) in [6.45, 7) is 3.59. The van der Waals surface area contributed by atoms with Crippen LogP contribution < -0.4 is 15.5 Å². The second kappa shape index (κ2) is 10.9. The number of nitrogens with zero attached hydrogens (tertiary/aromatic N) is 1. The third-order valence-electron chi connectivity index (χ3n) is 6.75. The van der Waals surface area contributed by atoms with Gasteiger partial charge in [0.05, 0.1) is 11.1 Å². The van der Waals surface area contributed by atoms with Gasteiger partial charge in [0.25, 0.3) is 5.91 Å². The number of aryl methyl sites for hydroxylation is 2. The highest BCUT2D eigenvalue weighted by atomic mass is 19.1. The molecule has 200 valence electrons. The first kappa shape index (κ1) is 26.5. The van der Waals surface area contributed by atoms with E-state index in [4.69, 9.17) is 4.74 Å². The number of fused-ring (bicyclic) bond motifs is 1. The standard InChI is InChI=1S/C32H26FN3O4/c1-18-14-27-25(16-24(18)32(39)34-3)29(12-13-35-27)40-23-10-4-20(5-11-23)15-28(37)26-17-36-19(2)30(31(26)38)21-6-8-22(33)9-7-21/h4-14,16-17H,15H2,1-3H3,(H,34,39)(H,36,38). The first-order valence-corrected chi connectivity index (χ1v) is 12.6. The second-order valence-corrected chi connectivity index (χ2v) is 9.46. The van der Waals surface area contributed by atoms with Crippen LogP contribution in [0.15, 0.2) is 83.9 Å². The number of halogens is 1. The summed E-state index contributed by atoms with van der Waals surface area (Å²) in [4.78, 5) is 46.0. The molecule has 2 N–H and O–H groups in total. The highest BCUT2D eigenvalue weighted by Gasteiger charge is 2.18. The summed E-state index contributed by atoms with van der Waals surface area (Å²) in [7, 11) is 1.58. The van der Waals surface area contributed by atoms with Gasteiger partial charge in [-0.15, -0.1) is 0 Å². The summed E-state index contributed by atoms with van der Waals surface area (Å²) < 4.78 is 19.5. The van der Waals surface area contributed by atoms with Crippen molar-refractivity contribution in [3.8, 4) is 22.6 Å². The number of hydrogen-bond acceptors (Lipinski definition) is 5. The topological polar surface area (TPSA) is 101 Å². The molecule has 8 heteroatoms. The number of Topliss-reactive ketones (excluding diaryl/α,β-unsaturated/α-hetero) is 1. The number of aromatic nitrogens is 2. The molecule has 0 aliphatic carbocycles. The van der Waals surface area contributed by atoms with E-state index in [0.29, 0.717) is 50.3 Å². The Bertz CT molecular complexity index is 1810. The molecule has 5 aromatic rings. The predicted octanol–water partition coefficient (Wildman–Crippen LogP) is 5.92. The number of aromatic amines is 1. The minimum atomic E-state index is -0.404. The number of amides is 1. The molecular weight excluding hydrogens is 509 g/mol. The zero-order valence-electron chi connectivity index (χ0n) is 22.2. The van der Waals surface area contributed by atoms with Gasteiger partial charge in [0.1, 0.15) is 17.3 Å². The van der Waals surface area contributed by atoms with Crippen LogP contribution >= 0.6 is 0 Å². The molecule has 40 heavy (non-hydrogen) atoms. The van der Waals surface area contributed by atoms with Crippen molar-refractivity contribution >= 4 is 22.6 Å². The Balaban J connectivity index is 1.37. The lowest BCUT2D eigenvalue weighted by Gasteiger charge is -2.12. The molecule has 0 aliphatic heterocycles. The van der Waals surface area contributed by atoms with E-state index in [2.05, 4.69) is 15.3 Å². The molecule has 0 unspecified atom stereocenters. The van der Waals surface area contributed by atoms with Gasteiger partial charge in [-0.05, 0) is 73.0 Å². The first-order valence-electron chi connectivity index (χ1n) is 12.6. The molecule has 0 atom stereocenters. The van der Waals surface area contributed by atoms with Crippen molar-refractivity contribution in [3.05, 3.63) is 123 Å². The number of carbonyl (C=O) groups is 2. The number of carbonyl (C=O) groups excluding carboxylic acids is 2. The molecule has 2 aromatic heterocycles. The van der Waals surface area contributed by atoms with E-state index in [0.717, 1.165) is 5.56 Å². The van der Waals surface area contributed by atoms with Crippen molar-refractivity contribution < 1.29 is 18.7 Å². The summed E-state index contributed by atoms with van der Waals surface area (Å²) in [6, 6.07) is 17.9. The summed E-state index contributed by atoms with van der Waals surface area (Å²) in [5.41, 5.74) is 3.87. The number of pyridine rings is 2. The number of ether oxygens (including phenoxy) is 1. The Hall–Kier alpha value is -5.11. The molecule has 7 nitrogen and oxygen atoms in total. The van der Waals surface area contributed by atoms with Gasteiger partial charge in [-0.1, -0.05) is 24.3 Å². The molecule has 3 aromatic carbocycles. The van der Waals surface area contributed by atoms with Gasteiger partial charge < -0.3 is 15.0 Å². The van der Waals surface area contributed by atoms with E-state index in [1.807, 2.05) is 13.0 Å². The normalized spacial score (nSPS) is 10.9. The smallest absolute Gasteiger partial charge is 0.251 e. The summed E-state index contributed by atoms with van der Waals surface area (Å²) in [5, 5.41) is 3.34. The Morgan fingerprint density at radius 2 is 1.70 bits per heavy atom. The molecule has 0 fully saturated rings. The van der Waals surface area contributed by atoms with Crippen molar-refractivity contribution in [2.24, 2.45) is 0 Å². The Morgan fingerprint density at radius 1 is 0.975 bits per heavy atom. The quantitative estimate of drug-likeness (QED) is 0.252. The number of H-pyrrole nitrogens is 1. The van der Waals surface area contributed by atoms with E-state index in [9.17, 15) is 18.8 Å². The summed E-state index contributed by atoms with van der Waals surface area (Å²) >= 11 is 0. The SMILES string of the molecule is CNC(=O)c1cc2c(Oc3ccc(CC(=O)c4c[nH]c(C)c(-c5ccc(F)cc5)c4=O)cc3)ccnc2cc1C. The number of ketones is 1. The number of rotatable bonds is 7. The van der Waals surface area contributed by atoms with Crippen molar-refractivity contribution in [2.45, 2.75) is 20.3 Å². The fourth-order valence-corrected chi connectivity index (χ4v) is 4.62. The number of nitrogens with one attached hydrogen (secondary N) is 2. The maximum atomic E-state index is 13.4. The van der Waals surface area contributed by atoms with Crippen molar-refractivity contribution in [2.75, 3.05) is 7.05 Å². The maximum absolute atomic E-state index is 13.4. The molecule has 0 aliphatic rings. The largest absolute Gasteiger partial charge is 0.457 e. The van der Waals surface area contributed by atoms with Crippen LogP contribution in [0.3, 0.4) is 0 Å². The van der Waals surface area contributed by atoms with Crippen molar-refractivity contribution in [1.29, 1.82) is 0 Å². The average Bonchev–Trinajstić information content (AvgIpc) is 2.94. The van der Waals surface area contributed by atoms with E-state index in [-0.39, 0.29) is 23.7 Å². The summed E-state index contributed by atoms with van der Waals surface area (Å²) in [5.74, 6) is 0.144. The average molecular weight is 536 g/mol. The Labute approximate surface area is 229 Å². The van der Waals surface area contributed by atoms with Crippen molar-refractivity contribution in [1.82, 2.24) is 15.3 Å².